The number of nitrogen functional groups attached to an aromatic ring is 1. The lowest BCUT2D eigenvalue weighted by atomic mass is 10.2. The second-order valence-corrected chi connectivity index (χ2v) is 5.05. The molecular weight excluding hydrogens is 300 g/mol. The van der Waals surface area contributed by atoms with E-state index in [0.29, 0.717) is 10.7 Å². The van der Waals surface area contributed by atoms with Gasteiger partial charge in [0, 0.05) is 16.7 Å². The Bertz CT molecular complexity index is 529. The summed E-state index contributed by atoms with van der Waals surface area (Å²) in [5.74, 6) is 0. The molecule has 2 aromatic rings. The minimum atomic E-state index is 0.639. The summed E-state index contributed by atoms with van der Waals surface area (Å²) in [7, 11) is 0. The van der Waals surface area contributed by atoms with E-state index in [9.17, 15) is 0 Å². The molecule has 0 amide bonds. The Morgan fingerprint density at radius 2 is 2.00 bits per heavy atom. The molecule has 0 radical (unpaired) electrons. The van der Waals surface area contributed by atoms with Crippen molar-refractivity contribution in [3.8, 4) is 0 Å². The van der Waals surface area contributed by atoms with Crippen molar-refractivity contribution >= 4 is 38.9 Å². The van der Waals surface area contributed by atoms with E-state index in [4.69, 9.17) is 17.3 Å². The van der Waals surface area contributed by atoms with Crippen molar-refractivity contribution < 1.29 is 0 Å². The van der Waals surface area contributed by atoms with E-state index in [-0.39, 0.29) is 0 Å². The third-order valence-electron chi connectivity index (χ3n) is 2.37. The van der Waals surface area contributed by atoms with Gasteiger partial charge in [0.1, 0.15) is 0 Å². The molecule has 2 aromatic carbocycles. The van der Waals surface area contributed by atoms with Crippen molar-refractivity contribution in [3.05, 3.63) is 57.5 Å². The Hall–Kier alpha value is -1.19. The maximum absolute atomic E-state index is 6.08. The minimum absolute atomic E-state index is 0.639. The van der Waals surface area contributed by atoms with E-state index in [0.717, 1.165) is 16.7 Å². The molecule has 88 valence electrons. The van der Waals surface area contributed by atoms with E-state index in [1.807, 2.05) is 24.3 Å². The molecule has 4 heteroatoms. The van der Waals surface area contributed by atoms with E-state index in [1.165, 1.54) is 5.56 Å². The number of benzene rings is 2. The molecule has 0 saturated carbocycles. The van der Waals surface area contributed by atoms with Crippen LogP contribution >= 0.6 is 27.5 Å². The fourth-order valence-corrected chi connectivity index (χ4v) is 2.22. The average Bonchev–Trinajstić information content (AvgIpc) is 2.28. The predicted molar refractivity (Wildman–Crippen MR) is 77.3 cm³/mol. The van der Waals surface area contributed by atoms with Crippen LogP contribution in [0, 0.1) is 0 Å². The smallest absolute Gasteiger partial charge is 0.0658 e. The maximum atomic E-state index is 6.08. The Morgan fingerprint density at radius 3 is 2.71 bits per heavy atom. The first kappa shape index (κ1) is 12.3. The second-order valence-electron chi connectivity index (χ2n) is 3.72. The molecule has 0 saturated heterocycles. The monoisotopic (exact) mass is 310 g/mol. The number of rotatable bonds is 3. The van der Waals surface area contributed by atoms with E-state index >= 15 is 0 Å². The predicted octanol–water partition coefficient (Wildman–Crippen LogP) is 4.30. The van der Waals surface area contributed by atoms with Crippen LogP contribution in [-0.2, 0) is 6.54 Å². The molecule has 0 unspecified atom stereocenters. The first-order chi connectivity index (χ1) is 8.15. The van der Waals surface area contributed by atoms with Crippen LogP contribution < -0.4 is 11.1 Å². The Balaban J connectivity index is 2.07. The highest BCUT2D eigenvalue weighted by molar-refractivity contribution is 9.10. The zero-order valence-corrected chi connectivity index (χ0v) is 11.4. The van der Waals surface area contributed by atoms with Gasteiger partial charge >= 0.3 is 0 Å². The van der Waals surface area contributed by atoms with Crippen LogP contribution in [0.15, 0.2) is 46.9 Å². The number of nitrogens with two attached hydrogens (primary N) is 1. The summed E-state index contributed by atoms with van der Waals surface area (Å²) in [4.78, 5) is 0. The molecule has 0 atom stereocenters. The Kier molecular flexibility index (Phi) is 3.92. The first-order valence-electron chi connectivity index (χ1n) is 5.18. The lowest BCUT2D eigenvalue weighted by molar-refractivity contribution is 1.15. The summed E-state index contributed by atoms with van der Waals surface area (Å²) < 4.78 is 1.07. The summed E-state index contributed by atoms with van der Waals surface area (Å²) in [6.45, 7) is 0.725. The van der Waals surface area contributed by atoms with Crippen LogP contribution in [-0.4, -0.2) is 0 Å². The minimum Gasteiger partial charge on any atom is -0.399 e. The van der Waals surface area contributed by atoms with Gasteiger partial charge in [-0.15, -0.1) is 0 Å². The van der Waals surface area contributed by atoms with Crippen LogP contribution in [0.1, 0.15) is 5.56 Å². The van der Waals surface area contributed by atoms with Gasteiger partial charge in [0.25, 0.3) is 0 Å². The molecule has 17 heavy (non-hydrogen) atoms. The molecule has 3 N–H and O–H groups in total. The number of anilines is 2. The van der Waals surface area contributed by atoms with Crippen LogP contribution in [0.25, 0.3) is 0 Å². The van der Waals surface area contributed by atoms with E-state index < -0.39 is 0 Å². The summed E-state index contributed by atoms with van der Waals surface area (Å²) in [5, 5.41) is 3.91. The number of hydrogen-bond acceptors (Lipinski definition) is 2. The largest absolute Gasteiger partial charge is 0.399 e. The molecule has 0 aliphatic carbocycles. The third-order valence-corrected chi connectivity index (χ3v) is 3.17. The Morgan fingerprint density at radius 1 is 1.18 bits per heavy atom. The van der Waals surface area contributed by atoms with Crippen molar-refractivity contribution in [1.29, 1.82) is 0 Å². The van der Waals surface area contributed by atoms with Gasteiger partial charge in [-0.2, -0.15) is 0 Å². The highest BCUT2D eigenvalue weighted by atomic mass is 79.9. The number of nitrogens with one attached hydrogen (secondary N) is 1. The highest BCUT2D eigenvalue weighted by Crippen LogP contribution is 2.24. The highest BCUT2D eigenvalue weighted by Gasteiger charge is 2.00. The molecule has 0 aliphatic rings. The molecule has 0 aromatic heterocycles. The summed E-state index contributed by atoms with van der Waals surface area (Å²) in [6.07, 6.45) is 0. The van der Waals surface area contributed by atoms with Crippen LogP contribution in [0.2, 0.25) is 5.02 Å². The van der Waals surface area contributed by atoms with Crippen LogP contribution in [0.4, 0.5) is 11.4 Å². The van der Waals surface area contributed by atoms with E-state index in [1.54, 1.807) is 6.07 Å². The fraction of sp³-hybridized carbons (Fsp3) is 0.0769. The average molecular weight is 312 g/mol. The van der Waals surface area contributed by atoms with Gasteiger partial charge in [-0.05, 0) is 35.9 Å². The zero-order valence-electron chi connectivity index (χ0n) is 9.08. The molecule has 2 nitrogen and oxygen atoms in total. The topological polar surface area (TPSA) is 38.0 Å². The number of halogens is 2. The first-order valence-corrected chi connectivity index (χ1v) is 6.35. The SMILES string of the molecule is Nc1ccc(NCc2cccc(Br)c2)c(Cl)c1. The summed E-state index contributed by atoms with van der Waals surface area (Å²) in [5.41, 5.74) is 8.38. The third kappa shape index (κ3) is 3.38. The molecular formula is C13H12BrClN2. The van der Waals surface area contributed by atoms with Crippen molar-refractivity contribution in [2.75, 3.05) is 11.1 Å². The van der Waals surface area contributed by atoms with Gasteiger partial charge in [0.2, 0.25) is 0 Å². The van der Waals surface area contributed by atoms with Crippen molar-refractivity contribution in [2.24, 2.45) is 0 Å². The van der Waals surface area contributed by atoms with Crippen LogP contribution in [0.3, 0.4) is 0 Å². The van der Waals surface area contributed by atoms with Crippen LogP contribution in [0.5, 0.6) is 0 Å². The Labute approximate surface area is 114 Å². The molecule has 0 bridgehead atoms. The van der Waals surface area contributed by atoms with Crippen molar-refractivity contribution in [3.63, 3.8) is 0 Å². The van der Waals surface area contributed by atoms with Crippen molar-refractivity contribution in [1.82, 2.24) is 0 Å². The second kappa shape index (κ2) is 5.43. The fourth-order valence-electron chi connectivity index (χ4n) is 1.52. The van der Waals surface area contributed by atoms with Gasteiger partial charge in [0.15, 0.2) is 0 Å². The molecule has 0 fully saturated rings. The lowest BCUT2D eigenvalue weighted by Crippen LogP contribution is -2.00. The molecule has 0 spiro atoms. The summed E-state index contributed by atoms with van der Waals surface area (Å²) in [6, 6.07) is 13.6. The lowest BCUT2D eigenvalue weighted by Gasteiger charge is -2.09. The van der Waals surface area contributed by atoms with Gasteiger partial charge in [-0.25, -0.2) is 0 Å². The molecule has 0 aliphatic heterocycles. The molecule has 2 rings (SSSR count). The van der Waals surface area contributed by atoms with Gasteiger partial charge < -0.3 is 11.1 Å². The maximum Gasteiger partial charge on any atom is 0.0658 e. The summed E-state index contributed by atoms with van der Waals surface area (Å²) >= 11 is 9.52. The van der Waals surface area contributed by atoms with Gasteiger partial charge in [-0.3, -0.25) is 0 Å². The van der Waals surface area contributed by atoms with E-state index in [2.05, 4.69) is 33.4 Å². The van der Waals surface area contributed by atoms with Crippen molar-refractivity contribution in [2.45, 2.75) is 6.54 Å². The quantitative estimate of drug-likeness (QED) is 0.830. The zero-order chi connectivity index (χ0) is 12.3. The van der Waals surface area contributed by atoms with Gasteiger partial charge in [-0.1, -0.05) is 39.7 Å². The molecule has 0 heterocycles. The number of hydrogen-bond donors (Lipinski definition) is 2. The normalized spacial score (nSPS) is 10.2. The standard InChI is InChI=1S/C13H12BrClN2/c14-10-3-1-2-9(6-10)8-17-13-5-4-11(16)7-12(13)15/h1-7,17H,8,16H2. The van der Waals surface area contributed by atoms with Gasteiger partial charge in [0.05, 0.1) is 10.7 Å².